The van der Waals surface area contributed by atoms with Crippen LogP contribution in [0.1, 0.15) is 31.7 Å². The molecule has 4 heteroatoms. The minimum Gasteiger partial charge on any atom is -0.493 e. The predicted molar refractivity (Wildman–Crippen MR) is 86.3 cm³/mol. The summed E-state index contributed by atoms with van der Waals surface area (Å²) in [5.41, 5.74) is 1.16. The summed E-state index contributed by atoms with van der Waals surface area (Å²) >= 11 is 3.53. The smallest absolute Gasteiger partial charge is 0.175 e. The summed E-state index contributed by atoms with van der Waals surface area (Å²) in [5.74, 6) is 4.16. The van der Waals surface area contributed by atoms with Crippen molar-refractivity contribution in [2.45, 2.75) is 32.7 Å². The maximum atomic E-state index is 5.57. The molecular weight excluding hydrogens is 318 g/mol. The van der Waals surface area contributed by atoms with E-state index in [-0.39, 0.29) is 0 Å². The zero-order valence-electron chi connectivity index (χ0n) is 12.2. The van der Waals surface area contributed by atoms with Crippen molar-refractivity contribution in [3.05, 3.63) is 22.2 Å². The molecule has 0 bridgehead atoms. The van der Waals surface area contributed by atoms with Crippen molar-refractivity contribution in [3.63, 3.8) is 0 Å². The molecule has 1 rings (SSSR count). The van der Waals surface area contributed by atoms with Gasteiger partial charge in [0.2, 0.25) is 0 Å². The summed E-state index contributed by atoms with van der Waals surface area (Å²) in [5, 5.41) is 3.40. The zero-order chi connectivity index (χ0) is 14.8. The molecule has 0 aliphatic carbocycles. The number of terminal acetylenes is 1. The van der Waals surface area contributed by atoms with Gasteiger partial charge in [0.05, 0.1) is 18.2 Å². The van der Waals surface area contributed by atoms with Crippen molar-refractivity contribution in [2.75, 3.05) is 20.3 Å². The van der Waals surface area contributed by atoms with Crippen molar-refractivity contribution >= 4 is 15.9 Å². The zero-order valence-corrected chi connectivity index (χ0v) is 13.8. The lowest BCUT2D eigenvalue weighted by atomic mass is 10.2. The molecule has 0 radical (unpaired) electrons. The number of ether oxygens (including phenoxy) is 2. The first-order valence-electron chi connectivity index (χ1n) is 6.86. The van der Waals surface area contributed by atoms with E-state index < -0.39 is 0 Å². The van der Waals surface area contributed by atoms with Crippen molar-refractivity contribution in [1.82, 2.24) is 5.32 Å². The number of halogens is 1. The van der Waals surface area contributed by atoms with Crippen molar-refractivity contribution in [3.8, 4) is 23.8 Å². The quantitative estimate of drug-likeness (QED) is 0.549. The lowest BCUT2D eigenvalue weighted by molar-refractivity contribution is 0.308. The molecule has 0 aliphatic heterocycles. The molecule has 20 heavy (non-hydrogen) atoms. The second-order valence-electron chi connectivity index (χ2n) is 4.38. The van der Waals surface area contributed by atoms with E-state index in [2.05, 4.69) is 33.2 Å². The van der Waals surface area contributed by atoms with Crippen LogP contribution in [-0.2, 0) is 6.54 Å². The van der Waals surface area contributed by atoms with E-state index in [9.17, 15) is 0 Å². The standard InChI is InChI=1S/C16H22BrNO2/c1-4-6-7-8-9-18-12-13-10-14(17)16(20-5-2)15(11-13)19-3/h1,10-11,18H,5-9,12H2,2-3H3. The molecule has 0 amide bonds. The van der Waals surface area contributed by atoms with Gasteiger partial charge in [0.15, 0.2) is 11.5 Å². The Morgan fingerprint density at radius 3 is 2.80 bits per heavy atom. The van der Waals surface area contributed by atoms with Gasteiger partial charge in [-0.05, 0) is 59.9 Å². The maximum Gasteiger partial charge on any atom is 0.175 e. The van der Waals surface area contributed by atoms with E-state index in [4.69, 9.17) is 15.9 Å². The van der Waals surface area contributed by atoms with E-state index in [1.54, 1.807) is 7.11 Å². The number of hydrogen-bond donors (Lipinski definition) is 1. The first-order chi connectivity index (χ1) is 9.72. The van der Waals surface area contributed by atoms with Crippen molar-refractivity contribution in [2.24, 2.45) is 0 Å². The summed E-state index contributed by atoms with van der Waals surface area (Å²) in [6, 6.07) is 4.06. The fraction of sp³-hybridized carbons (Fsp3) is 0.500. The van der Waals surface area contributed by atoms with E-state index in [0.29, 0.717) is 6.61 Å². The first kappa shape index (κ1) is 16.9. The molecular formula is C16H22BrNO2. The largest absolute Gasteiger partial charge is 0.493 e. The van der Waals surface area contributed by atoms with Crippen LogP contribution >= 0.6 is 15.9 Å². The third kappa shape index (κ3) is 5.44. The molecule has 0 aliphatic rings. The monoisotopic (exact) mass is 339 g/mol. The third-order valence-corrected chi connectivity index (χ3v) is 3.42. The number of hydrogen-bond acceptors (Lipinski definition) is 3. The van der Waals surface area contributed by atoms with Crippen LogP contribution in [0.2, 0.25) is 0 Å². The SMILES string of the molecule is C#CCCCCNCc1cc(Br)c(OCC)c(OC)c1. The second kappa shape index (κ2) is 9.68. The molecule has 0 atom stereocenters. The highest BCUT2D eigenvalue weighted by atomic mass is 79.9. The van der Waals surface area contributed by atoms with Crippen LogP contribution in [0.15, 0.2) is 16.6 Å². The number of unbranched alkanes of at least 4 members (excludes halogenated alkanes) is 2. The Morgan fingerprint density at radius 1 is 1.35 bits per heavy atom. The van der Waals surface area contributed by atoms with Gasteiger partial charge in [-0.1, -0.05) is 0 Å². The van der Waals surface area contributed by atoms with E-state index in [1.165, 1.54) is 0 Å². The molecule has 0 saturated heterocycles. The molecule has 0 unspecified atom stereocenters. The minimum atomic E-state index is 0.613. The maximum absolute atomic E-state index is 5.57. The molecule has 110 valence electrons. The van der Waals surface area contributed by atoms with Crippen LogP contribution in [-0.4, -0.2) is 20.3 Å². The second-order valence-corrected chi connectivity index (χ2v) is 5.23. The summed E-state index contributed by atoms with van der Waals surface area (Å²) < 4.78 is 11.9. The Balaban J connectivity index is 2.54. The Hall–Kier alpha value is -1.18. The van der Waals surface area contributed by atoms with Gasteiger partial charge in [-0.15, -0.1) is 12.3 Å². The fourth-order valence-corrected chi connectivity index (χ4v) is 2.47. The lowest BCUT2D eigenvalue weighted by Gasteiger charge is -2.13. The number of nitrogens with one attached hydrogen (secondary N) is 1. The van der Waals surface area contributed by atoms with E-state index in [1.807, 2.05) is 13.0 Å². The van der Waals surface area contributed by atoms with Crippen molar-refractivity contribution < 1.29 is 9.47 Å². The van der Waals surface area contributed by atoms with E-state index >= 15 is 0 Å². The lowest BCUT2D eigenvalue weighted by Crippen LogP contribution is -2.14. The van der Waals surface area contributed by atoms with Gasteiger partial charge in [0.25, 0.3) is 0 Å². The average Bonchev–Trinajstić information content (AvgIpc) is 2.45. The summed E-state index contributed by atoms with van der Waals surface area (Å²) in [6.45, 7) is 4.34. The van der Waals surface area contributed by atoms with Gasteiger partial charge in [-0.25, -0.2) is 0 Å². The van der Waals surface area contributed by atoms with Gasteiger partial charge in [0.1, 0.15) is 0 Å². The molecule has 1 N–H and O–H groups in total. The van der Waals surface area contributed by atoms with Gasteiger partial charge in [-0.3, -0.25) is 0 Å². The Bertz CT molecular complexity index is 455. The molecule has 3 nitrogen and oxygen atoms in total. The molecule has 0 saturated carbocycles. The highest BCUT2D eigenvalue weighted by Gasteiger charge is 2.10. The average molecular weight is 340 g/mol. The van der Waals surface area contributed by atoms with Gasteiger partial charge in [-0.2, -0.15) is 0 Å². The fourth-order valence-electron chi connectivity index (χ4n) is 1.87. The number of methoxy groups -OCH3 is 1. The van der Waals surface area contributed by atoms with Gasteiger partial charge >= 0.3 is 0 Å². The van der Waals surface area contributed by atoms with Crippen molar-refractivity contribution in [1.29, 1.82) is 0 Å². The van der Waals surface area contributed by atoms with Crippen LogP contribution < -0.4 is 14.8 Å². The number of benzene rings is 1. The topological polar surface area (TPSA) is 30.5 Å². The Labute approximate surface area is 130 Å². The molecule has 0 aromatic heterocycles. The Morgan fingerprint density at radius 2 is 2.15 bits per heavy atom. The van der Waals surface area contributed by atoms with Crippen LogP contribution in [0.3, 0.4) is 0 Å². The Kier molecular flexibility index (Phi) is 8.17. The predicted octanol–water partition coefficient (Wildman–Crippen LogP) is 3.75. The van der Waals surface area contributed by atoms with E-state index in [0.717, 1.165) is 53.9 Å². The third-order valence-electron chi connectivity index (χ3n) is 2.83. The van der Waals surface area contributed by atoms with Crippen LogP contribution in [0, 0.1) is 12.3 Å². The molecule has 0 heterocycles. The first-order valence-corrected chi connectivity index (χ1v) is 7.65. The van der Waals surface area contributed by atoms with Gasteiger partial charge in [0, 0.05) is 13.0 Å². The van der Waals surface area contributed by atoms with Crippen LogP contribution in [0.25, 0.3) is 0 Å². The normalized spacial score (nSPS) is 10.1. The molecule has 0 fully saturated rings. The van der Waals surface area contributed by atoms with Crippen LogP contribution in [0.4, 0.5) is 0 Å². The molecule has 0 spiro atoms. The molecule has 1 aromatic rings. The highest BCUT2D eigenvalue weighted by molar-refractivity contribution is 9.10. The van der Waals surface area contributed by atoms with Crippen LogP contribution in [0.5, 0.6) is 11.5 Å². The number of rotatable bonds is 9. The summed E-state index contributed by atoms with van der Waals surface area (Å²) in [7, 11) is 1.65. The highest BCUT2D eigenvalue weighted by Crippen LogP contribution is 2.36. The summed E-state index contributed by atoms with van der Waals surface area (Å²) in [4.78, 5) is 0. The molecule has 1 aromatic carbocycles. The summed E-state index contributed by atoms with van der Waals surface area (Å²) in [6.07, 6.45) is 8.24. The minimum absolute atomic E-state index is 0.613. The van der Waals surface area contributed by atoms with Gasteiger partial charge < -0.3 is 14.8 Å².